The second-order valence-electron chi connectivity index (χ2n) is 13.6. The van der Waals surface area contributed by atoms with Gasteiger partial charge in [-0.3, -0.25) is 4.79 Å². The van der Waals surface area contributed by atoms with Crippen LogP contribution in [0.4, 0.5) is 0 Å². The highest BCUT2D eigenvalue weighted by molar-refractivity contribution is 5.88. The minimum absolute atomic E-state index is 0.0658. The summed E-state index contributed by atoms with van der Waals surface area (Å²) in [7, 11) is 0. The lowest BCUT2D eigenvalue weighted by Gasteiger charge is -2.53. The van der Waals surface area contributed by atoms with E-state index in [-0.39, 0.29) is 28.0 Å². The lowest BCUT2D eigenvalue weighted by molar-refractivity contribution is -0.268. The van der Waals surface area contributed by atoms with Crippen molar-refractivity contribution in [3.8, 4) is 40.1 Å². The van der Waals surface area contributed by atoms with Crippen molar-refractivity contribution in [2.45, 2.75) is 90.5 Å². The summed E-state index contributed by atoms with van der Waals surface area (Å²) in [4.78, 5) is 13.2. The van der Waals surface area contributed by atoms with Crippen LogP contribution in [0, 0.1) is 17.3 Å². The minimum Gasteiger partial charge on any atom is -0.508 e. The molecule has 2 fully saturated rings. The Kier molecular flexibility index (Phi) is 9.66. The SMILES string of the molecule is C=C1CC/C=C(\C)CC[C@@H]2[C@@H]1CC2(C)C.C[C@@H]1O[C@@H](Oc2c(-c3ccc(O)c(O)c3)oc3cc(O)cc(O)c3c2=O)[C@H](O)[C@H](O)[C@H]1O. The van der Waals surface area contributed by atoms with E-state index in [2.05, 4.69) is 33.4 Å². The summed E-state index contributed by atoms with van der Waals surface area (Å²) in [6, 6.07) is 5.51. The third-order valence-corrected chi connectivity index (χ3v) is 9.77. The fourth-order valence-electron chi connectivity index (χ4n) is 6.90. The molecule has 1 aromatic heterocycles. The van der Waals surface area contributed by atoms with Gasteiger partial charge in [0.2, 0.25) is 17.5 Å². The molecule has 7 N–H and O–H groups in total. The van der Waals surface area contributed by atoms with Crippen molar-refractivity contribution in [3.63, 3.8) is 0 Å². The van der Waals surface area contributed by atoms with Crippen molar-refractivity contribution >= 4 is 11.0 Å². The van der Waals surface area contributed by atoms with Crippen LogP contribution in [0.15, 0.2) is 63.3 Å². The molecule has 3 aromatic rings. The summed E-state index contributed by atoms with van der Waals surface area (Å²) < 4.78 is 16.6. The van der Waals surface area contributed by atoms with Crippen molar-refractivity contribution in [1.29, 1.82) is 0 Å². The molecule has 2 aliphatic carbocycles. The van der Waals surface area contributed by atoms with Gasteiger partial charge in [0.15, 0.2) is 17.3 Å². The van der Waals surface area contributed by atoms with Gasteiger partial charge in [0.05, 0.1) is 6.10 Å². The van der Waals surface area contributed by atoms with E-state index in [0.717, 1.165) is 36.1 Å². The van der Waals surface area contributed by atoms with Crippen LogP contribution in [0.5, 0.6) is 28.7 Å². The molecule has 2 aromatic carbocycles. The number of rotatable bonds is 3. The third kappa shape index (κ3) is 6.85. The van der Waals surface area contributed by atoms with E-state index in [4.69, 9.17) is 13.9 Å². The van der Waals surface area contributed by atoms with Crippen LogP contribution in [-0.2, 0) is 4.74 Å². The highest BCUT2D eigenvalue weighted by Crippen LogP contribution is 2.56. The first kappa shape index (κ1) is 34.3. The number of fused-ring (bicyclic) bond motifs is 2. The molecule has 2 heterocycles. The van der Waals surface area contributed by atoms with Crippen LogP contribution in [0.3, 0.4) is 0 Å². The van der Waals surface area contributed by atoms with Gasteiger partial charge in [0.25, 0.3) is 0 Å². The molecule has 7 atom stereocenters. The average Bonchev–Trinajstić information content (AvgIpc) is 3.05. The summed E-state index contributed by atoms with van der Waals surface area (Å²) in [5, 5.41) is 69.2. The zero-order valence-corrected chi connectivity index (χ0v) is 27.0. The molecule has 47 heavy (non-hydrogen) atoms. The van der Waals surface area contributed by atoms with Crippen molar-refractivity contribution in [2.24, 2.45) is 17.3 Å². The lowest BCUT2D eigenvalue weighted by Crippen LogP contribution is -2.58. The Bertz CT molecular complexity index is 1740. The summed E-state index contributed by atoms with van der Waals surface area (Å²) in [6.45, 7) is 12.9. The number of benzene rings is 2. The van der Waals surface area contributed by atoms with Crippen LogP contribution >= 0.6 is 0 Å². The van der Waals surface area contributed by atoms with E-state index >= 15 is 0 Å². The van der Waals surface area contributed by atoms with E-state index < -0.39 is 59.1 Å². The van der Waals surface area contributed by atoms with E-state index in [0.29, 0.717) is 5.41 Å². The fraction of sp³-hybridized carbons (Fsp3) is 0.472. The number of phenolic OH excluding ortho intramolecular Hbond substituents is 4. The van der Waals surface area contributed by atoms with Crippen molar-refractivity contribution < 1.29 is 49.6 Å². The van der Waals surface area contributed by atoms with Gasteiger partial charge in [-0.15, -0.1) is 0 Å². The summed E-state index contributed by atoms with van der Waals surface area (Å²) >= 11 is 0. The highest BCUT2D eigenvalue weighted by Gasteiger charge is 2.47. The zero-order valence-electron chi connectivity index (χ0n) is 27.0. The van der Waals surface area contributed by atoms with Gasteiger partial charge in [-0.1, -0.05) is 37.6 Å². The number of phenols is 4. The zero-order chi connectivity index (χ0) is 34.4. The maximum atomic E-state index is 13.2. The van der Waals surface area contributed by atoms with Gasteiger partial charge < -0.3 is 49.6 Å². The summed E-state index contributed by atoms with van der Waals surface area (Å²) in [6.07, 6.45) is 1.55. The number of hydrogen-bond donors (Lipinski definition) is 7. The molecule has 11 heteroatoms. The first-order valence-corrected chi connectivity index (χ1v) is 15.8. The third-order valence-electron chi connectivity index (χ3n) is 9.77. The van der Waals surface area contributed by atoms with E-state index in [1.54, 1.807) is 5.57 Å². The molecule has 0 radical (unpaired) electrons. The number of allylic oxidation sites excluding steroid dienone is 3. The maximum Gasteiger partial charge on any atom is 0.239 e. The number of aliphatic hydroxyl groups excluding tert-OH is 3. The Labute approximate surface area is 272 Å². The Morgan fingerprint density at radius 3 is 2.34 bits per heavy atom. The van der Waals surface area contributed by atoms with Crippen molar-refractivity contribution in [3.05, 3.63) is 64.4 Å². The minimum atomic E-state index is -1.74. The average molecular weight is 653 g/mol. The predicted octanol–water partition coefficient (Wildman–Crippen LogP) is 5.21. The first-order chi connectivity index (χ1) is 22.1. The van der Waals surface area contributed by atoms with Crippen molar-refractivity contribution in [2.75, 3.05) is 0 Å². The Balaban J connectivity index is 0.000000241. The maximum absolute atomic E-state index is 13.2. The van der Waals surface area contributed by atoms with Gasteiger partial charge in [-0.25, -0.2) is 0 Å². The molecule has 0 bridgehead atoms. The molecule has 0 spiro atoms. The van der Waals surface area contributed by atoms with Gasteiger partial charge >= 0.3 is 0 Å². The lowest BCUT2D eigenvalue weighted by atomic mass is 9.52. The Hall–Kier alpha value is -4.03. The smallest absolute Gasteiger partial charge is 0.239 e. The summed E-state index contributed by atoms with van der Waals surface area (Å²) in [5.74, 6) is -1.07. The number of ether oxygens (including phenoxy) is 2. The van der Waals surface area contributed by atoms with Crippen LogP contribution < -0.4 is 10.2 Å². The molecular formula is C36H44O11. The second kappa shape index (κ2) is 13.2. The van der Waals surface area contributed by atoms with E-state index in [9.17, 15) is 40.5 Å². The van der Waals surface area contributed by atoms with Gasteiger partial charge in [0.1, 0.15) is 40.8 Å². The molecule has 0 amide bonds. The topological polar surface area (TPSA) is 190 Å². The van der Waals surface area contributed by atoms with Crippen LogP contribution in [0.2, 0.25) is 0 Å². The molecule has 1 saturated heterocycles. The number of hydrogen-bond acceptors (Lipinski definition) is 11. The molecule has 0 unspecified atom stereocenters. The molecular weight excluding hydrogens is 608 g/mol. The van der Waals surface area contributed by atoms with Crippen LogP contribution in [-0.4, -0.2) is 66.5 Å². The Morgan fingerprint density at radius 1 is 0.936 bits per heavy atom. The molecule has 1 saturated carbocycles. The standard InChI is InChI=1S/C21H20O11.C15H24/c1-7-15(26)17(28)18(29)21(30-7)32-20-16(27)14-12(25)5-9(22)6-13(14)31-19(20)8-2-3-10(23)11(24)4-8;1-11-6-5-7-12(2)13-10-15(3,4)14(13)9-8-11/h2-7,15,17-18,21-26,28-29H,1H3;6,13-14H,2,5,7-10H2,1,3-4H3/b;11-6+/t7-,15-,17+,18+,21-;13-,14-/m01/s1. The largest absolute Gasteiger partial charge is 0.508 e. The molecule has 3 aliphatic rings. The molecule has 1 aliphatic heterocycles. The van der Waals surface area contributed by atoms with Gasteiger partial charge in [-0.2, -0.15) is 0 Å². The van der Waals surface area contributed by atoms with Gasteiger partial charge in [0, 0.05) is 17.7 Å². The predicted molar refractivity (Wildman–Crippen MR) is 174 cm³/mol. The van der Waals surface area contributed by atoms with Crippen LogP contribution in [0.25, 0.3) is 22.3 Å². The number of aromatic hydroxyl groups is 4. The van der Waals surface area contributed by atoms with Crippen LogP contribution in [0.1, 0.15) is 59.8 Å². The van der Waals surface area contributed by atoms with E-state index in [1.165, 1.54) is 50.7 Å². The van der Waals surface area contributed by atoms with E-state index in [1.807, 2.05) is 0 Å². The normalized spacial score (nSPS) is 29.9. The summed E-state index contributed by atoms with van der Waals surface area (Å²) in [5.41, 5.74) is 2.62. The first-order valence-electron chi connectivity index (χ1n) is 15.8. The monoisotopic (exact) mass is 652 g/mol. The Morgan fingerprint density at radius 2 is 1.66 bits per heavy atom. The van der Waals surface area contributed by atoms with Gasteiger partial charge in [-0.05, 0) is 81.4 Å². The highest BCUT2D eigenvalue weighted by atomic mass is 16.7. The number of aliphatic hydroxyl groups is 3. The molecule has 11 nitrogen and oxygen atoms in total. The van der Waals surface area contributed by atoms with Crippen molar-refractivity contribution in [1.82, 2.24) is 0 Å². The molecule has 254 valence electrons. The molecule has 6 rings (SSSR count). The fourth-order valence-corrected chi connectivity index (χ4v) is 6.90. The second-order valence-corrected chi connectivity index (χ2v) is 13.6. The quantitative estimate of drug-likeness (QED) is 0.145.